The number of carbonyl (C=O) groups is 3. The van der Waals surface area contributed by atoms with Crippen LogP contribution in [0.4, 0.5) is 5.69 Å². The monoisotopic (exact) mass is 425 g/mol. The van der Waals surface area contributed by atoms with Crippen LogP contribution in [0.25, 0.3) is 0 Å². The first-order chi connectivity index (χ1) is 14.5. The van der Waals surface area contributed by atoms with Crippen LogP contribution in [0.3, 0.4) is 0 Å². The molecular formula is C23H27N3O3S. The van der Waals surface area contributed by atoms with Crippen molar-refractivity contribution < 1.29 is 14.4 Å². The summed E-state index contributed by atoms with van der Waals surface area (Å²) in [6, 6.07) is 11.5. The van der Waals surface area contributed by atoms with Crippen molar-refractivity contribution in [3.63, 3.8) is 0 Å². The second kappa shape index (κ2) is 9.00. The van der Waals surface area contributed by atoms with Crippen LogP contribution in [0.15, 0.2) is 41.8 Å². The van der Waals surface area contributed by atoms with Gasteiger partial charge in [-0.05, 0) is 49.8 Å². The fourth-order valence-corrected chi connectivity index (χ4v) is 4.83. The van der Waals surface area contributed by atoms with Gasteiger partial charge in [-0.1, -0.05) is 23.8 Å². The molecule has 158 valence electrons. The Balaban J connectivity index is 1.49. The number of hydrogen-bond acceptors (Lipinski definition) is 4. The minimum Gasteiger partial charge on any atom is -0.354 e. The Morgan fingerprint density at radius 3 is 2.37 bits per heavy atom. The van der Waals surface area contributed by atoms with Crippen molar-refractivity contribution in [1.29, 1.82) is 0 Å². The summed E-state index contributed by atoms with van der Waals surface area (Å²) in [6.07, 6.45) is 2.79. The third-order valence-electron chi connectivity index (χ3n) is 5.75. The van der Waals surface area contributed by atoms with Crippen LogP contribution in [0.5, 0.6) is 0 Å². The molecule has 2 aromatic rings. The topological polar surface area (TPSA) is 78.5 Å². The lowest BCUT2D eigenvalue weighted by atomic mass is 9.86. The minimum atomic E-state index is -0.332. The summed E-state index contributed by atoms with van der Waals surface area (Å²) in [5, 5.41) is 7.82. The summed E-state index contributed by atoms with van der Waals surface area (Å²) in [6.45, 7) is 2.83. The summed E-state index contributed by atoms with van der Waals surface area (Å²) in [4.78, 5) is 40.5. The highest BCUT2D eigenvalue weighted by molar-refractivity contribution is 7.10. The number of anilines is 1. The highest BCUT2D eigenvalue weighted by Gasteiger charge is 2.41. The van der Waals surface area contributed by atoms with E-state index in [9.17, 15) is 14.4 Å². The van der Waals surface area contributed by atoms with Crippen molar-refractivity contribution in [2.75, 3.05) is 18.0 Å². The van der Waals surface area contributed by atoms with Crippen molar-refractivity contribution in [2.24, 2.45) is 11.8 Å². The molecule has 1 saturated carbocycles. The molecule has 2 fully saturated rings. The SMILES string of the molecule is Cc1ccc(N2C(=O)CCC(C(=O)NCCNC(=O)C3CC3)C2c2cccs2)cc1. The van der Waals surface area contributed by atoms with Crippen molar-refractivity contribution in [1.82, 2.24) is 10.6 Å². The lowest BCUT2D eigenvalue weighted by Gasteiger charge is -2.40. The van der Waals surface area contributed by atoms with E-state index < -0.39 is 0 Å². The predicted octanol–water partition coefficient (Wildman–Crippen LogP) is 3.18. The van der Waals surface area contributed by atoms with Gasteiger partial charge in [0.15, 0.2) is 0 Å². The van der Waals surface area contributed by atoms with E-state index in [1.165, 1.54) is 0 Å². The molecular weight excluding hydrogens is 398 g/mol. The maximum Gasteiger partial charge on any atom is 0.227 e. The molecule has 0 radical (unpaired) electrons. The van der Waals surface area contributed by atoms with Gasteiger partial charge < -0.3 is 15.5 Å². The number of hydrogen-bond donors (Lipinski definition) is 2. The first kappa shape index (κ1) is 20.6. The van der Waals surface area contributed by atoms with Crippen LogP contribution in [0.1, 0.15) is 42.2 Å². The molecule has 7 heteroatoms. The van der Waals surface area contributed by atoms with Crippen molar-refractivity contribution >= 4 is 34.7 Å². The highest BCUT2D eigenvalue weighted by atomic mass is 32.1. The number of amides is 3. The zero-order valence-corrected chi connectivity index (χ0v) is 17.9. The number of nitrogens with one attached hydrogen (secondary N) is 2. The smallest absolute Gasteiger partial charge is 0.227 e. The number of carbonyl (C=O) groups excluding carboxylic acids is 3. The molecule has 0 bridgehead atoms. The molecule has 2 heterocycles. The number of benzene rings is 1. The molecule has 1 aromatic carbocycles. The molecule has 2 aliphatic rings. The van der Waals surface area contributed by atoms with E-state index in [-0.39, 0.29) is 35.6 Å². The number of nitrogens with zero attached hydrogens (tertiary/aromatic N) is 1. The molecule has 1 aromatic heterocycles. The molecule has 4 rings (SSSR count). The number of aryl methyl sites for hydroxylation is 1. The summed E-state index contributed by atoms with van der Waals surface area (Å²) >= 11 is 1.57. The van der Waals surface area contributed by atoms with Crippen LogP contribution in [0.2, 0.25) is 0 Å². The minimum absolute atomic E-state index is 0.0398. The number of piperidine rings is 1. The van der Waals surface area contributed by atoms with E-state index in [1.807, 2.05) is 48.7 Å². The number of thiophene rings is 1. The van der Waals surface area contributed by atoms with Gasteiger partial charge in [0.1, 0.15) is 0 Å². The Labute approximate surface area is 180 Å². The second-order valence-electron chi connectivity index (χ2n) is 8.06. The average Bonchev–Trinajstić information content (AvgIpc) is 3.46. The van der Waals surface area contributed by atoms with Crippen molar-refractivity contribution in [2.45, 2.75) is 38.6 Å². The van der Waals surface area contributed by atoms with Gasteiger partial charge in [-0.2, -0.15) is 0 Å². The second-order valence-corrected chi connectivity index (χ2v) is 9.04. The molecule has 6 nitrogen and oxygen atoms in total. The predicted molar refractivity (Wildman–Crippen MR) is 117 cm³/mol. The molecule has 1 aliphatic heterocycles. The van der Waals surface area contributed by atoms with E-state index >= 15 is 0 Å². The summed E-state index contributed by atoms with van der Waals surface area (Å²) in [5.74, 6) is -0.121. The van der Waals surface area contributed by atoms with E-state index in [0.29, 0.717) is 25.9 Å². The standard InChI is InChI=1S/C23H27N3O3S/c1-15-4-8-17(9-5-15)26-20(27)11-10-18(21(26)19-3-2-14-30-19)23(29)25-13-12-24-22(28)16-6-7-16/h2-5,8-9,14,16,18,21H,6-7,10-13H2,1H3,(H,24,28)(H,25,29). The fraction of sp³-hybridized carbons (Fsp3) is 0.435. The van der Waals surface area contributed by atoms with E-state index in [0.717, 1.165) is 29.0 Å². The van der Waals surface area contributed by atoms with Crippen molar-refractivity contribution in [3.8, 4) is 0 Å². The normalized spacial score (nSPS) is 21.4. The Morgan fingerprint density at radius 1 is 1.03 bits per heavy atom. The van der Waals surface area contributed by atoms with Crippen LogP contribution in [0, 0.1) is 18.8 Å². The van der Waals surface area contributed by atoms with Gasteiger partial charge in [0.25, 0.3) is 0 Å². The maximum absolute atomic E-state index is 13.1. The van der Waals surface area contributed by atoms with Gasteiger partial charge in [0.05, 0.1) is 12.0 Å². The third-order valence-corrected chi connectivity index (χ3v) is 6.70. The lowest BCUT2D eigenvalue weighted by Crippen LogP contribution is -2.49. The fourth-order valence-electron chi connectivity index (χ4n) is 3.95. The molecule has 1 saturated heterocycles. The third kappa shape index (κ3) is 4.56. The zero-order valence-electron chi connectivity index (χ0n) is 17.1. The van der Waals surface area contributed by atoms with Gasteiger partial charge in [-0.25, -0.2) is 0 Å². The van der Waals surface area contributed by atoms with Gasteiger partial charge >= 0.3 is 0 Å². The first-order valence-electron chi connectivity index (χ1n) is 10.5. The van der Waals surface area contributed by atoms with E-state index in [4.69, 9.17) is 0 Å². The summed E-state index contributed by atoms with van der Waals surface area (Å²) in [7, 11) is 0. The molecule has 0 spiro atoms. The maximum atomic E-state index is 13.1. The largest absolute Gasteiger partial charge is 0.354 e. The Bertz CT molecular complexity index is 906. The van der Waals surface area contributed by atoms with Gasteiger partial charge in [0, 0.05) is 36.0 Å². The summed E-state index contributed by atoms with van der Waals surface area (Å²) < 4.78 is 0. The van der Waals surface area contributed by atoms with E-state index in [2.05, 4.69) is 10.6 Å². The average molecular weight is 426 g/mol. The number of rotatable bonds is 7. The summed E-state index contributed by atoms with van der Waals surface area (Å²) in [5.41, 5.74) is 1.94. The van der Waals surface area contributed by atoms with Crippen molar-refractivity contribution in [3.05, 3.63) is 52.2 Å². The lowest BCUT2D eigenvalue weighted by molar-refractivity contribution is -0.129. The molecule has 2 N–H and O–H groups in total. The Kier molecular flexibility index (Phi) is 6.18. The Morgan fingerprint density at radius 2 is 1.73 bits per heavy atom. The van der Waals surface area contributed by atoms with Crippen LogP contribution in [-0.2, 0) is 14.4 Å². The Hall–Kier alpha value is -2.67. The highest BCUT2D eigenvalue weighted by Crippen LogP contribution is 2.41. The molecule has 3 amide bonds. The van der Waals surface area contributed by atoms with Gasteiger partial charge in [0.2, 0.25) is 17.7 Å². The molecule has 1 aliphatic carbocycles. The molecule has 2 atom stereocenters. The first-order valence-corrected chi connectivity index (χ1v) is 11.4. The molecule has 2 unspecified atom stereocenters. The van der Waals surface area contributed by atoms with E-state index in [1.54, 1.807) is 16.2 Å². The van der Waals surface area contributed by atoms with Crippen LogP contribution < -0.4 is 15.5 Å². The quantitative estimate of drug-likeness (QED) is 0.669. The van der Waals surface area contributed by atoms with Crippen LogP contribution >= 0.6 is 11.3 Å². The van der Waals surface area contributed by atoms with Gasteiger partial charge in [-0.15, -0.1) is 11.3 Å². The molecule has 30 heavy (non-hydrogen) atoms. The zero-order chi connectivity index (χ0) is 21.1. The van der Waals surface area contributed by atoms with Crippen LogP contribution in [-0.4, -0.2) is 30.8 Å². The van der Waals surface area contributed by atoms with Gasteiger partial charge in [-0.3, -0.25) is 14.4 Å².